The van der Waals surface area contributed by atoms with Gasteiger partial charge in [0.2, 0.25) is 11.8 Å². The van der Waals surface area contributed by atoms with Gasteiger partial charge >= 0.3 is 0 Å². The van der Waals surface area contributed by atoms with Crippen molar-refractivity contribution in [1.82, 2.24) is 14.7 Å². The van der Waals surface area contributed by atoms with Crippen molar-refractivity contribution in [3.05, 3.63) is 48.3 Å². The summed E-state index contributed by atoms with van der Waals surface area (Å²) in [5.41, 5.74) is 1.94. The monoisotopic (exact) mass is 338 g/mol. The molecule has 1 saturated heterocycles. The van der Waals surface area contributed by atoms with Crippen molar-refractivity contribution in [3.63, 3.8) is 0 Å². The predicted molar refractivity (Wildman–Crippen MR) is 94.2 cm³/mol. The summed E-state index contributed by atoms with van der Waals surface area (Å²) in [6.45, 7) is 2.93. The Hall–Kier alpha value is -2.63. The molecule has 1 fully saturated rings. The summed E-state index contributed by atoms with van der Waals surface area (Å²) < 4.78 is 1.94. The minimum atomic E-state index is -0.425. The van der Waals surface area contributed by atoms with E-state index in [9.17, 15) is 9.59 Å². The molecule has 25 heavy (non-hydrogen) atoms. The number of para-hydroxylation sites is 1. The van der Waals surface area contributed by atoms with Crippen molar-refractivity contribution in [2.45, 2.75) is 38.3 Å². The molecule has 0 spiro atoms. The van der Waals surface area contributed by atoms with Crippen LogP contribution >= 0.6 is 0 Å². The lowest BCUT2D eigenvalue weighted by atomic mass is 10.0. The highest BCUT2D eigenvalue weighted by Crippen LogP contribution is 2.33. The Kier molecular flexibility index (Phi) is 4.03. The molecular formula is C19H22N4O2. The second kappa shape index (κ2) is 6.35. The van der Waals surface area contributed by atoms with Gasteiger partial charge in [0.05, 0.1) is 6.04 Å². The van der Waals surface area contributed by atoms with Gasteiger partial charge in [-0.3, -0.25) is 19.2 Å². The first-order valence-electron chi connectivity index (χ1n) is 8.81. The molecule has 2 atom stereocenters. The van der Waals surface area contributed by atoms with Gasteiger partial charge in [0.25, 0.3) is 0 Å². The number of anilines is 1. The molecule has 0 N–H and O–H groups in total. The molecule has 0 saturated carbocycles. The van der Waals surface area contributed by atoms with Gasteiger partial charge in [-0.15, -0.1) is 0 Å². The van der Waals surface area contributed by atoms with Crippen molar-refractivity contribution < 1.29 is 9.59 Å². The normalized spacial score (nSPS) is 22.8. The third-order valence-corrected chi connectivity index (χ3v) is 5.21. The van der Waals surface area contributed by atoms with Crippen LogP contribution in [0.5, 0.6) is 0 Å². The molecule has 2 aromatic rings. The predicted octanol–water partition coefficient (Wildman–Crippen LogP) is 2.02. The van der Waals surface area contributed by atoms with E-state index in [-0.39, 0.29) is 17.9 Å². The molecule has 0 radical (unpaired) electrons. The standard InChI is InChI=1S/C19H22N4O2/c1-14(24)23-17-8-3-2-6-15(17)12-18(23)19(25)21-10-4-7-16(13-21)22-11-5-9-20-22/h2-3,5-6,8-9,11,16,18H,4,7,10,12-13H2,1H3/t16?,18-/m0/s1. The van der Waals surface area contributed by atoms with E-state index in [0.29, 0.717) is 13.0 Å². The molecule has 2 amide bonds. The molecule has 0 bridgehead atoms. The smallest absolute Gasteiger partial charge is 0.246 e. The van der Waals surface area contributed by atoms with E-state index in [1.807, 2.05) is 46.1 Å². The minimum Gasteiger partial charge on any atom is -0.339 e. The molecular weight excluding hydrogens is 316 g/mol. The molecule has 4 rings (SSSR count). The zero-order valence-corrected chi connectivity index (χ0v) is 14.3. The van der Waals surface area contributed by atoms with Crippen LogP contribution < -0.4 is 4.90 Å². The Balaban J connectivity index is 1.55. The molecule has 1 aromatic carbocycles. The fraction of sp³-hybridized carbons (Fsp3) is 0.421. The summed E-state index contributed by atoms with van der Waals surface area (Å²) in [4.78, 5) is 29.0. The number of carbonyl (C=O) groups is 2. The largest absolute Gasteiger partial charge is 0.339 e. The van der Waals surface area contributed by atoms with Crippen LogP contribution in [-0.4, -0.2) is 45.6 Å². The zero-order valence-electron chi connectivity index (χ0n) is 14.3. The Morgan fingerprint density at radius 2 is 2.04 bits per heavy atom. The second-order valence-corrected chi connectivity index (χ2v) is 6.80. The van der Waals surface area contributed by atoms with Crippen LogP contribution in [0.25, 0.3) is 0 Å². The summed E-state index contributed by atoms with van der Waals surface area (Å²) >= 11 is 0. The highest BCUT2D eigenvalue weighted by molar-refractivity contribution is 6.02. The fourth-order valence-corrected chi connectivity index (χ4v) is 4.05. The molecule has 130 valence electrons. The maximum absolute atomic E-state index is 13.2. The second-order valence-electron chi connectivity index (χ2n) is 6.80. The Labute approximate surface area is 147 Å². The van der Waals surface area contributed by atoms with Crippen LogP contribution in [0.2, 0.25) is 0 Å². The van der Waals surface area contributed by atoms with Crippen LogP contribution in [0.15, 0.2) is 42.7 Å². The lowest BCUT2D eigenvalue weighted by molar-refractivity contribution is -0.135. The van der Waals surface area contributed by atoms with E-state index in [4.69, 9.17) is 0 Å². The number of hydrogen-bond donors (Lipinski definition) is 0. The summed E-state index contributed by atoms with van der Waals surface area (Å²) in [6, 6.07) is 9.49. The van der Waals surface area contributed by atoms with Crippen LogP contribution in [0.3, 0.4) is 0 Å². The molecule has 1 aromatic heterocycles. The van der Waals surface area contributed by atoms with Gasteiger partial charge in [0, 0.05) is 44.5 Å². The Bertz CT molecular complexity index is 786. The SMILES string of the molecule is CC(=O)N1c2ccccc2C[C@H]1C(=O)N1CCCC(n2cccn2)C1. The number of nitrogens with zero attached hydrogens (tertiary/aromatic N) is 4. The van der Waals surface area contributed by atoms with Gasteiger partial charge in [-0.25, -0.2) is 0 Å². The highest BCUT2D eigenvalue weighted by Gasteiger charge is 2.40. The van der Waals surface area contributed by atoms with E-state index in [1.165, 1.54) is 6.92 Å². The molecule has 3 heterocycles. The molecule has 2 aliphatic rings. The third kappa shape index (κ3) is 2.81. The van der Waals surface area contributed by atoms with Gasteiger partial charge in [-0.05, 0) is 30.5 Å². The maximum Gasteiger partial charge on any atom is 0.246 e. The molecule has 6 heteroatoms. The number of rotatable bonds is 2. The number of amides is 2. The van der Waals surface area contributed by atoms with Gasteiger partial charge in [0.1, 0.15) is 6.04 Å². The molecule has 2 aliphatic heterocycles. The Morgan fingerprint density at radius 3 is 2.80 bits per heavy atom. The van der Waals surface area contributed by atoms with Gasteiger partial charge in [-0.2, -0.15) is 5.10 Å². The summed E-state index contributed by atoms with van der Waals surface area (Å²) in [5, 5.41) is 4.32. The average molecular weight is 338 g/mol. The molecule has 0 aliphatic carbocycles. The maximum atomic E-state index is 13.2. The van der Waals surface area contributed by atoms with Crippen molar-refractivity contribution >= 4 is 17.5 Å². The molecule has 6 nitrogen and oxygen atoms in total. The number of fused-ring (bicyclic) bond motifs is 1. The number of piperidine rings is 1. The summed E-state index contributed by atoms with van der Waals surface area (Å²) in [6.07, 6.45) is 6.29. The van der Waals surface area contributed by atoms with E-state index < -0.39 is 6.04 Å². The number of hydrogen-bond acceptors (Lipinski definition) is 3. The lowest BCUT2D eigenvalue weighted by Gasteiger charge is -2.36. The topological polar surface area (TPSA) is 58.4 Å². The van der Waals surface area contributed by atoms with Crippen LogP contribution in [0.4, 0.5) is 5.69 Å². The summed E-state index contributed by atoms with van der Waals surface area (Å²) in [7, 11) is 0. The van der Waals surface area contributed by atoms with Crippen LogP contribution in [-0.2, 0) is 16.0 Å². The quantitative estimate of drug-likeness (QED) is 0.842. The number of likely N-dealkylation sites (tertiary alicyclic amines) is 1. The third-order valence-electron chi connectivity index (χ3n) is 5.21. The van der Waals surface area contributed by atoms with Crippen LogP contribution in [0, 0.1) is 0 Å². The van der Waals surface area contributed by atoms with E-state index >= 15 is 0 Å². The van der Waals surface area contributed by atoms with Gasteiger partial charge in [-0.1, -0.05) is 18.2 Å². The van der Waals surface area contributed by atoms with E-state index in [1.54, 1.807) is 11.1 Å². The highest BCUT2D eigenvalue weighted by atomic mass is 16.2. The van der Waals surface area contributed by atoms with E-state index in [0.717, 1.165) is 30.6 Å². The van der Waals surface area contributed by atoms with Crippen molar-refractivity contribution in [2.24, 2.45) is 0 Å². The van der Waals surface area contributed by atoms with Gasteiger partial charge < -0.3 is 4.90 Å². The minimum absolute atomic E-state index is 0.0447. The van der Waals surface area contributed by atoms with Crippen molar-refractivity contribution in [1.29, 1.82) is 0 Å². The summed E-state index contributed by atoms with van der Waals surface area (Å²) in [5.74, 6) is -0.0350. The van der Waals surface area contributed by atoms with Crippen molar-refractivity contribution in [3.8, 4) is 0 Å². The first-order valence-corrected chi connectivity index (χ1v) is 8.81. The van der Waals surface area contributed by atoms with Gasteiger partial charge in [0.15, 0.2) is 0 Å². The first kappa shape index (κ1) is 15.9. The van der Waals surface area contributed by atoms with E-state index in [2.05, 4.69) is 5.10 Å². The Morgan fingerprint density at radius 1 is 1.20 bits per heavy atom. The first-order chi connectivity index (χ1) is 12.1. The number of aromatic nitrogens is 2. The fourth-order valence-electron chi connectivity index (χ4n) is 4.05. The lowest BCUT2D eigenvalue weighted by Crippen LogP contribution is -2.52. The molecule has 1 unspecified atom stereocenters. The average Bonchev–Trinajstić information content (AvgIpc) is 3.28. The zero-order chi connectivity index (χ0) is 17.4. The number of benzene rings is 1. The van der Waals surface area contributed by atoms with Crippen molar-refractivity contribution in [2.75, 3.05) is 18.0 Å². The number of carbonyl (C=O) groups excluding carboxylic acids is 2. The van der Waals surface area contributed by atoms with Crippen LogP contribution in [0.1, 0.15) is 31.4 Å².